The molecule has 1 aromatic carbocycles. The van der Waals surface area contributed by atoms with E-state index in [1.807, 2.05) is 0 Å². The van der Waals surface area contributed by atoms with Gasteiger partial charge < -0.3 is 0 Å². The molecule has 8 heteroatoms. The van der Waals surface area contributed by atoms with Gasteiger partial charge in [0, 0.05) is 10.0 Å². The maximum Gasteiger partial charge on any atom is 0.241 e. The maximum atomic E-state index is 12.2. The van der Waals surface area contributed by atoms with E-state index in [9.17, 15) is 16.8 Å². The largest absolute Gasteiger partial charge is 0.241 e. The first kappa shape index (κ1) is 15.0. The Labute approximate surface area is 121 Å². The Kier molecular flexibility index (Phi) is 3.81. The third-order valence-corrected chi connectivity index (χ3v) is 7.02. The molecule has 0 bridgehead atoms. The van der Waals surface area contributed by atoms with Gasteiger partial charge in [-0.15, -0.1) is 0 Å². The molecule has 1 heterocycles. The molecular weight excluding hydrogens is 354 g/mol. The number of benzene rings is 1. The lowest BCUT2D eigenvalue weighted by Crippen LogP contribution is -2.46. The van der Waals surface area contributed by atoms with Crippen molar-refractivity contribution in [2.45, 2.75) is 23.8 Å². The molecule has 1 saturated heterocycles. The van der Waals surface area contributed by atoms with Crippen molar-refractivity contribution in [3.8, 4) is 0 Å². The van der Waals surface area contributed by atoms with Crippen LogP contribution in [0.3, 0.4) is 0 Å². The van der Waals surface area contributed by atoms with Crippen molar-refractivity contribution in [2.24, 2.45) is 0 Å². The molecule has 0 amide bonds. The monoisotopic (exact) mass is 367 g/mol. The van der Waals surface area contributed by atoms with Crippen LogP contribution in [0.5, 0.6) is 0 Å². The molecule has 0 radical (unpaired) electrons. The Morgan fingerprint density at radius 3 is 2.58 bits per heavy atom. The first-order valence-corrected chi connectivity index (χ1v) is 9.72. The average molecular weight is 368 g/mol. The van der Waals surface area contributed by atoms with Crippen molar-refractivity contribution in [3.63, 3.8) is 0 Å². The van der Waals surface area contributed by atoms with Gasteiger partial charge in [0.2, 0.25) is 10.0 Å². The predicted molar refractivity (Wildman–Crippen MR) is 76.1 cm³/mol. The van der Waals surface area contributed by atoms with E-state index in [2.05, 4.69) is 20.7 Å². The topological polar surface area (TPSA) is 80.3 Å². The highest BCUT2D eigenvalue weighted by atomic mass is 79.9. The molecule has 1 aliphatic rings. The van der Waals surface area contributed by atoms with Crippen LogP contribution in [0.25, 0.3) is 0 Å². The fourth-order valence-electron chi connectivity index (χ4n) is 2.11. The molecule has 0 spiro atoms. The molecule has 0 aromatic heterocycles. The second kappa shape index (κ2) is 4.83. The lowest BCUT2D eigenvalue weighted by molar-refractivity contribution is 0.462. The summed E-state index contributed by atoms with van der Waals surface area (Å²) in [6.07, 6.45) is 0.294. The number of hydrogen-bond donors (Lipinski definition) is 1. The molecule has 19 heavy (non-hydrogen) atoms. The number of rotatable bonds is 3. The van der Waals surface area contributed by atoms with E-state index in [-0.39, 0.29) is 16.4 Å². The van der Waals surface area contributed by atoms with E-state index in [4.69, 9.17) is 0 Å². The van der Waals surface area contributed by atoms with Crippen LogP contribution in [0.2, 0.25) is 0 Å². The maximum absolute atomic E-state index is 12.2. The summed E-state index contributed by atoms with van der Waals surface area (Å²) in [7, 11) is -6.87. The minimum Gasteiger partial charge on any atom is -0.229 e. The van der Waals surface area contributed by atoms with E-state index in [0.29, 0.717) is 10.9 Å². The van der Waals surface area contributed by atoms with Gasteiger partial charge in [-0.25, -0.2) is 21.6 Å². The lowest BCUT2D eigenvalue weighted by Gasteiger charge is -2.23. The Morgan fingerprint density at radius 2 is 2.05 bits per heavy atom. The first-order valence-electron chi connectivity index (χ1n) is 5.62. The molecule has 106 valence electrons. The fraction of sp³-hybridized carbons (Fsp3) is 0.455. The van der Waals surface area contributed by atoms with Crippen LogP contribution >= 0.6 is 15.9 Å². The van der Waals surface area contributed by atoms with Gasteiger partial charge in [-0.05, 0) is 31.5 Å². The standard InChI is InChI=1S/C11H14BrNO4S2/c1-11(5-6-18(14,15)8-11)13-19(16,17)10-4-2-3-9(12)7-10/h2-4,7,13H,5-6,8H2,1H3/t11-/m1/s1. The highest BCUT2D eigenvalue weighted by Crippen LogP contribution is 2.26. The third-order valence-electron chi connectivity index (χ3n) is 2.99. The van der Waals surface area contributed by atoms with Crippen molar-refractivity contribution in [1.29, 1.82) is 0 Å². The lowest BCUT2D eigenvalue weighted by atomic mass is 10.0. The molecule has 1 atom stereocenters. The van der Waals surface area contributed by atoms with E-state index in [1.165, 1.54) is 12.1 Å². The average Bonchev–Trinajstić information content (AvgIpc) is 2.51. The number of nitrogens with one attached hydrogen (secondary N) is 1. The molecule has 0 saturated carbocycles. The molecule has 1 fully saturated rings. The third kappa shape index (κ3) is 3.56. The molecular formula is C11H14BrNO4S2. The zero-order valence-corrected chi connectivity index (χ0v) is 13.5. The molecule has 2 rings (SSSR count). The number of hydrogen-bond acceptors (Lipinski definition) is 4. The van der Waals surface area contributed by atoms with Crippen LogP contribution in [0.15, 0.2) is 33.6 Å². The van der Waals surface area contributed by atoms with Crippen LogP contribution in [-0.2, 0) is 19.9 Å². The van der Waals surface area contributed by atoms with Gasteiger partial charge in [-0.2, -0.15) is 0 Å². The van der Waals surface area contributed by atoms with Crippen LogP contribution in [0, 0.1) is 0 Å². The van der Waals surface area contributed by atoms with Crippen molar-refractivity contribution in [2.75, 3.05) is 11.5 Å². The van der Waals surface area contributed by atoms with E-state index in [1.54, 1.807) is 19.1 Å². The van der Waals surface area contributed by atoms with Crippen LogP contribution in [0.1, 0.15) is 13.3 Å². The second-order valence-electron chi connectivity index (χ2n) is 4.97. The van der Waals surface area contributed by atoms with Gasteiger partial charge in [0.05, 0.1) is 16.4 Å². The SMILES string of the molecule is C[C@@]1(NS(=O)(=O)c2cccc(Br)c2)CCS(=O)(=O)C1. The van der Waals surface area contributed by atoms with Crippen LogP contribution in [-0.4, -0.2) is 33.9 Å². The van der Waals surface area contributed by atoms with Crippen molar-refractivity contribution in [3.05, 3.63) is 28.7 Å². The second-order valence-corrected chi connectivity index (χ2v) is 9.75. The zero-order valence-electron chi connectivity index (χ0n) is 10.3. The van der Waals surface area contributed by atoms with Gasteiger partial charge in [0.15, 0.2) is 9.84 Å². The molecule has 1 N–H and O–H groups in total. The van der Waals surface area contributed by atoms with E-state index >= 15 is 0 Å². The van der Waals surface area contributed by atoms with Crippen molar-refractivity contribution in [1.82, 2.24) is 4.72 Å². The highest BCUT2D eigenvalue weighted by Gasteiger charge is 2.41. The first-order chi connectivity index (χ1) is 8.62. The summed E-state index contributed by atoms with van der Waals surface area (Å²) in [4.78, 5) is 0.118. The van der Waals surface area contributed by atoms with Gasteiger partial charge >= 0.3 is 0 Å². The van der Waals surface area contributed by atoms with E-state index in [0.717, 1.165) is 0 Å². The Bertz CT molecular complexity index is 699. The molecule has 5 nitrogen and oxygen atoms in total. The summed E-state index contributed by atoms with van der Waals surface area (Å²) in [6, 6.07) is 6.29. The number of sulfone groups is 1. The summed E-state index contributed by atoms with van der Waals surface area (Å²) in [6.45, 7) is 1.62. The fourth-order valence-corrected chi connectivity index (χ4v) is 6.32. The summed E-state index contributed by atoms with van der Waals surface area (Å²) in [5.41, 5.74) is -0.931. The Hall–Kier alpha value is -0.440. The quantitative estimate of drug-likeness (QED) is 0.872. The summed E-state index contributed by atoms with van der Waals surface area (Å²) in [5.74, 6) is -0.141. The van der Waals surface area contributed by atoms with E-state index < -0.39 is 25.4 Å². The van der Waals surface area contributed by atoms with Gasteiger partial charge in [0.25, 0.3) is 0 Å². The van der Waals surface area contributed by atoms with Gasteiger partial charge in [0.1, 0.15) is 0 Å². The Balaban J connectivity index is 2.28. The smallest absolute Gasteiger partial charge is 0.229 e. The normalized spacial score (nSPS) is 26.4. The minimum absolute atomic E-state index is 0.0184. The van der Waals surface area contributed by atoms with Gasteiger partial charge in [-0.1, -0.05) is 22.0 Å². The number of halogens is 1. The molecule has 1 aliphatic heterocycles. The van der Waals surface area contributed by atoms with Crippen LogP contribution in [0.4, 0.5) is 0 Å². The Morgan fingerprint density at radius 1 is 1.37 bits per heavy atom. The molecule has 0 unspecified atom stereocenters. The van der Waals surface area contributed by atoms with Crippen LogP contribution < -0.4 is 4.72 Å². The van der Waals surface area contributed by atoms with Gasteiger partial charge in [-0.3, -0.25) is 0 Å². The molecule has 1 aromatic rings. The summed E-state index contributed by atoms with van der Waals surface area (Å²) in [5, 5.41) is 0. The highest BCUT2D eigenvalue weighted by molar-refractivity contribution is 9.10. The summed E-state index contributed by atoms with van der Waals surface area (Å²) < 4.78 is 50.6. The van der Waals surface area contributed by atoms with Crippen molar-refractivity contribution < 1.29 is 16.8 Å². The minimum atomic E-state index is -3.72. The predicted octanol–water partition coefficient (Wildman–Crippen LogP) is 1.30. The zero-order chi connectivity index (χ0) is 14.3. The summed E-state index contributed by atoms with van der Waals surface area (Å²) >= 11 is 3.21. The number of sulfonamides is 1. The molecule has 0 aliphatic carbocycles. The van der Waals surface area contributed by atoms with Crippen molar-refractivity contribution >= 4 is 35.8 Å².